The zero-order valence-electron chi connectivity index (χ0n) is 32.0. The van der Waals surface area contributed by atoms with Crippen LogP contribution in [0.3, 0.4) is 0 Å². The highest BCUT2D eigenvalue weighted by molar-refractivity contribution is 5.92. The third kappa shape index (κ3) is 10.9. The van der Waals surface area contributed by atoms with E-state index < -0.39 is 47.9 Å². The SMILES string of the molecule is CCCCCc1ccc(-c2ccc(C(=O)OC(CC(=O)O)C(OC(=O)c3ccc(-c4ccc(CCCCC)cc4)cc3)C(CC)(CC)C(=O)O)cc2)cc1. The molecule has 2 N–H and O–H groups in total. The van der Waals surface area contributed by atoms with Gasteiger partial charge in [-0.1, -0.05) is 126 Å². The van der Waals surface area contributed by atoms with Crippen molar-refractivity contribution in [3.05, 3.63) is 119 Å². The van der Waals surface area contributed by atoms with Crippen LogP contribution in [-0.2, 0) is 31.9 Å². The molecule has 0 amide bonds. The summed E-state index contributed by atoms with van der Waals surface area (Å²) in [5.41, 5.74) is 4.81. The van der Waals surface area contributed by atoms with Gasteiger partial charge in [0.2, 0.25) is 0 Å². The molecule has 2 unspecified atom stereocenters. The van der Waals surface area contributed by atoms with Gasteiger partial charge in [0.15, 0.2) is 12.2 Å². The van der Waals surface area contributed by atoms with Crippen molar-refractivity contribution in [2.75, 3.05) is 0 Å². The van der Waals surface area contributed by atoms with Crippen LogP contribution in [0, 0.1) is 5.41 Å². The minimum atomic E-state index is -1.73. The average molecular weight is 735 g/mol. The monoisotopic (exact) mass is 734 g/mol. The molecule has 0 aliphatic rings. The van der Waals surface area contributed by atoms with Crippen LogP contribution in [0.5, 0.6) is 0 Å². The summed E-state index contributed by atoms with van der Waals surface area (Å²) < 4.78 is 11.7. The molecule has 2 atom stereocenters. The molecule has 4 aromatic carbocycles. The summed E-state index contributed by atoms with van der Waals surface area (Å²) in [4.78, 5) is 52.2. The lowest BCUT2D eigenvalue weighted by Crippen LogP contribution is -2.52. The highest BCUT2D eigenvalue weighted by Crippen LogP contribution is 2.38. The van der Waals surface area contributed by atoms with Crippen LogP contribution in [0.25, 0.3) is 22.3 Å². The molecule has 4 aromatic rings. The number of esters is 2. The number of hydrogen-bond acceptors (Lipinski definition) is 6. The number of carbonyl (C=O) groups is 4. The third-order valence-corrected chi connectivity index (χ3v) is 10.4. The first-order valence-electron chi connectivity index (χ1n) is 19.3. The Balaban J connectivity index is 1.55. The fourth-order valence-corrected chi connectivity index (χ4v) is 6.88. The Kier molecular flexibility index (Phi) is 15.6. The van der Waals surface area contributed by atoms with Gasteiger partial charge < -0.3 is 19.7 Å². The fraction of sp³-hybridized carbons (Fsp3) is 0.391. The molecule has 8 nitrogen and oxygen atoms in total. The number of aliphatic carboxylic acids is 2. The van der Waals surface area contributed by atoms with Crippen LogP contribution in [0.1, 0.15) is 117 Å². The molecule has 0 heterocycles. The van der Waals surface area contributed by atoms with Crippen LogP contribution in [-0.4, -0.2) is 46.3 Å². The number of ether oxygens (including phenoxy) is 2. The summed E-state index contributed by atoms with van der Waals surface area (Å²) in [5, 5.41) is 20.4. The van der Waals surface area contributed by atoms with Gasteiger partial charge in [-0.25, -0.2) is 9.59 Å². The molecule has 0 aliphatic heterocycles. The van der Waals surface area contributed by atoms with E-state index in [1.165, 1.54) is 24.0 Å². The molecular weight excluding hydrogens is 680 g/mol. The Labute approximate surface area is 319 Å². The molecule has 8 heteroatoms. The number of benzene rings is 4. The second kappa shape index (κ2) is 20.3. The van der Waals surface area contributed by atoms with E-state index in [9.17, 15) is 29.4 Å². The highest BCUT2D eigenvalue weighted by Gasteiger charge is 2.51. The lowest BCUT2D eigenvalue weighted by molar-refractivity contribution is -0.168. The predicted octanol–water partition coefficient (Wildman–Crippen LogP) is 10.6. The van der Waals surface area contributed by atoms with E-state index in [1.54, 1.807) is 62.4 Å². The zero-order chi connectivity index (χ0) is 39.1. The minimum Gasteiger partial charge on any atom is -0.481 e. The van der Waals surface area contributed by atoms with Crippen molar-refractivity contribution in [1.82, 2.24) is 0 Å². The molecule has 54 heavy (non-hydrogen) atoms. The highest BCUT2D eigenvalue weighted by atomic mass is 16.6. The van der Waals surface area contributed by atoms with Crippen LogP contribution in [0.4, 0.5) is 0 Å². The van der Waals surface area contributed by atoms with Crippen LogP contribution in [0.2, 0.25) is 0 Å². The van der Waals surface area contributed by atoms with Crippen molar-refractivity contribution in [3.63, 3.8) is 0 Å². The summed E-state index contributed by atoms with van der Waals surface area (Å²) in [5.74, 6) is -4.33. The molecule has 0 saturated carbocycles. The molecule has 0 spiro atoms. The fourth-order valence-electron chi connectivity index (χ4n) is 6.88. The summed E-state index contributed by atoms with van der Waals surface area (Å²) in [6, 6.07) is 30.0. The topological polar surface area (TPSA) is 127 Å². The maximum Gasteiger partial charge on any atom is 0.338 e. The number of carboxylic acids is 2. The first-order chi connectivity index (χ1) is 26.0. The van der Waals surface area contributed by atoms with E-state index in [1.807, 2.05) is 24.3 Å². The summed E-state index contributed by atoms with van der Waals surface area (Å²) in [6.07, 6.45) is 5.04. The van der Waals surface area contributed by atoms with E-state index >= 15 is 0 Å². The molecule has 286 valence electrons. The van der Waals surface area contributed by atoms with E-state index in [4.69, 9.17) is 9.47 Å². The molecule has 0 radical (unpaired) electrons. The van der Waals surface area contributed by atoms with Gasteiger partial charge in [-0.15, -0.1) is 0 Å². The van der Waals surface area contributed by atoms with Gasteiger partial charge in [0.05, 0.1) is 17.5 Å². The van der Waals surface area contributed by atoms with Gasteiger partial charge in [-0.05, 0) is 96.2 Å². The Morgan fingerprint density at radius 1 is 0.537 bits per heavy atom. The number of hydrogen-bond donors (Lipinski definition) is 2. The van der Waals surface area contributed by atoms with Crippen molar-refractivity contribution in [1.29, 1.82) is 0 Å². The third-order valence-electron chi connectivity index (χ3n) is 10.4. The maximum atomic E-state index is 13.7. The van der Waals surface area contributed by atoms with Gasteiger partial charge >= 0.3 is 23.9 Å². The molecule has 0 aromatic heterocycles. The lowest BCUT2D eigenvalue weighted by Gasteiger charge is -2.38. The lowest BCUT2D eigenvalue weighted by atomic mass is 9.74. The van der Waals surface area contributed by atoms with Gasteiger partial charge in [0.1, 0.15) is 5.41 Å². The van der Waals surface area contributed by atoms with Crippen molar-refractivity contribution in [3.8, 4) is 22.3 Å². The van der Waals surface area contributed by atoms with Crippen LogP contribution >= 0.6 is 0 Å². The number of aryl methyl sites for hydroxylation is 2. The predicted molar refractivity (Wildman–Crippen MR) is 212 cm³/mol. The average Bonchev–Trinajstić information content (AvgIpc) is 3.18. The normalized spacial score (nSPS) is 12.4. The second-order valence-electron chi connectivity index (χ2n) is 14.0. The van der Waals surface area contributed by atoms with Crippen molar-refractivity contribution in [2.24, 2.45) is 5.41 Å². The van der Waals surface area contributed by atoms with E-state index in [0.717, 1.165) is 60.8 Å². The van der Waals surface area contributed by atoms with Gasteiger partial charge in [-0.3, -0.25) is 9.59 Å². The van der Waals surface area contributed by atoms with Gasteiger partial charge in [0.25, 0.3) is 0 Å². The number of carbonyl (C=O) groups excluding carboxylic acids is 2. The van der Waals surface area contributed by atoms with E-state index in [-0.39, 0.29) is 24.0 Å². The maximum absolute atomic E-state index is 13.7. The molecule has 0 fully saturated rings. The standard InChI is InChI=1S/C46H54O8/c1-5-9-11-13-32-15-19-34(20-16-32)36-23-27-38(28-24-36)43(49)53-40(31-41(47)48)42(46(7-3,8-4)45(51)52)54-44(50)39-29-25-37(26-30-39)35-21-17-33(18-22-35)14-12-10-6-2/h15-30,40,42H,5-14,31H2,1-4H3,(H,47,48)(H,51,52). The van der Waals surface area contributed by atoms with E-state index in [2.05, 4.69) is 38.1 Å². The number of unbranched alkanes of at least 4 members (excludes halogenated alkanes) is 4. The summed E-state index contributed by atoms with van der Waals surface area (Å²) in [7, 11) is 0. The van der Waals surface area contributed by atoms with Gasteiger partial charge in [-0.2, -0.15) is 0 Å². The van der Waals surface area contributed by atoms with Crippen molar-refractivity contribution in [2.45, 2.75) is 111 Å². The molecule has 4 rings (SSSR count). The minimum absolute atomic E-state index is 0.0100. The Morgan fingerprint density at radius 2 is 0.907 bits per heavy atom. The zero-order valence-corrected chi connectivity index (χ0v) is 32.0. The molecule has 0 aliphatic carbocycles. The number of rotatable bonds is 21. The van der Waals surface area contributed by atoms with Crippen molar-refractivity contribution < 1.29 is 38.9 Å². The Bertz CT molecular complexity index is 1800. The van der Waals surface area contributed by atoms with Crippen molar-refractivity contribution >= 4 is 23.9 Å². The quantitative estimate of drug-likeness (QED) is 0.0640. The first kappa shape index (κ1) is 41.5. The number of carboxylic acid groups (broad SMARTS) is 2. The molecular formula is C46H54O8. The molecule has 0 saturated heterocycles. The van der Waals surface area contributed by atoms with E-state index in [0.29, 0.717) is 0 Å². The summed E-state index contributed by atoms with van der Waals surface area (Å²) in [6.45, 7) is 7.60. The largest absolute Gasteiger partial charge is 0.481 e. The van der Waals surface area contributed by atoms with Gasteiger partial charge in [0, 0.05) is 0 Å². The first-order valence-corrected chi connectivity index (χ1v) is 19.3. The molecule has 0 bridgehead atoms. The summed E-state index contributed by atoms with van der Waals surface area (Å²) >= 11 is 0. The Morgan fingerprint density at radius 3 is 1.24 bits per heavy atom. The second-order valence-corrected chi connectivity index (χ2v) is 14.0. The smallest absolute Gasteiger partial charge is 0.338 e. The van der Waals surface area contributed by atoms with Crippen LogP contribution < -0.4 is 0 Å². The Hall–Kier alpha value is -5.24. The van der Waals surface area contributed by atoms with Crippen LogP contribution in [0.15, 0.2) is 97.1 Å².